The Morgan fingerprint density at radius 3 is 2.38 bits per heavy atom. The highest BCUT2D eigenvalue weighted by Crippen LogP contribution is 2.21. The van der Waals surface area contributed by atoms with E-state index in [2.05, 4.69) is 49.0 Å². The third-order valence-corrected chi connectivity index (χ3v) is 2.95. The first kappa shape index (κ1) is 13.1. The first-order chi connectivity index (χ1) is 7.47. The van der Waals surface area contributed by atoms with Crippen molar-refractivity contribution in [3.63, 3.8) is 0 Å². The van der Waals surface area contributed by atoms with E-state index in [0.717, 1.165) is 24.2 Å². The largest absolute Gasteiger partial charge is 0.316 e. The number of rotatable bonds is 4. The summed E-state index contributed by atoms with van der Waals surface area (Å²) in [6, 6.07) is 2.54. The molecule has 1 heterocycles. The number of hydrogen-bond acceptors (Lipinski definition) is 3. The smallest absolute Gasteiger partial charge is 0.115 e. The van der Waals surface area contributed by atoms with Gasteiger partial charge in [-0.1, -0.05) is 27.7 Å². The summed E-state index contributed by atoms with van der Waals surface area (Å²) in [5.74, 6) is 0. The molecule has 0 spiro atoms. The van der Waals surface area contributed by atoms with Gasteiger partial charge in [0.1, 0.15) is 6.33 Å². The molecule has 0 bridgehead atoms. The van der Waals surface area contributed by atoms with Crippen LogP contribution in [0.5, 0.6) is 0 Å². The van der Waals surface area contributed by atoms with E-state index in [9.17, 15) is 0 Å². The lowest BCUT2D eigenvalue weighted by Crippen LogP contribution is -2.40. The highest BCUT2D eigenvalue weighted by Gasteiger charge is 2.23. The van der Waals surface area contributed by atoms with Gasteiger partial charge in [-0.15, -0.1) is 0 Å². The number of likely N-dealkylation sites (N-methyl/N-ethyl adjacent to an activating group) is 1. The Balaban J connectivity index is 2.78. The Morgan fingerprint density at radius 1 is 1.25 bits per heavy atom. The second-order valence-corrected chi connectivity index (χ2v) is 5.27. The van der Waals surface area contributed by atoms with E-state index in [4.69, 9.17) is 0 Å². The number of aryl methyl sites for hydroxylation is 1. The molecule has 16 heavy (non-hydrogen) atoms. The Bertz CT molecular complexity index is 328. The van der Waals surface area contributed by atoms with E-state index < -0.39 is 0 Å². The molecule has 3 nitrogen and oxygen atoms in total. The van der Waals surface area contributed by atoms with Crippen molar-refractivity contribution in [3.8, 4) is 0 Å². The molecule has 0 aliphatic carbocycles. The highest BCUT2D eigenvalue weighted by molar-refractivity contribution is 5.10. The maximum Gasteiger partial charge on any atom is 0.115 e. The average molecular weight is 221 g/mol. The summed E-state index contributed by atoms with van der Waals surface area (Å²) >= 11 is 0. The predicted molar refractivity (Wildman–Crippen MR) is 67.4 cm³/mol. The van der Waals surface area contributed by atoms with Gasteiger partial charge in [-0.2, -0.15) is 0 Å². The van der Waals surface area contributed by atoms with Gasteiger partial charge in [-0.25, -0.2) is 9.97 Å². The van der Waals surface area contributed by atoms with E-state index in [0.29, 0.717) is 6.04 Å². The molecule has 1 unspecified atom stereocenters. The van der Waals surface area contributed by atoms with Crippen molar-refractivity contribution in [2.24, 2.45) is 5.41 Å². The number of nitrogens with one attached hydrogen (secondary N) is 1. The van der Waals surface area contributed by atoms with Crippen LogP contribution in [0.25, 0.3) is 0 Å². The normalized spacial score (nSPS) is 13.8. The van der Waals surface area contributed by atoms with Gasteiger partial charge in [0, 0.05) is 23.9 Å². The van der Waals surface area contributed by atoms with Gasteiger partial charge in [0.25, 0.3) is 0 Å². The van der Waals surface area contributed by atoms with Crippen molar-refractivity contribution in [1.29, 1.82) is 0 Å². The minimum atomic E-state index is 0.242. The monoisotopic (exact) mass is 221 g/mol. The van der Waals surface area contributed by atoms with Gasteiger partial charge < -0.3 is 5.32 Å². The lowest BCUT2D eigenvalue weighted by molar-refractivity contribution is 0.278. The van der Waals surface area contributed by atoms with E-state index in [1.807, 2.05) is 7.05 Å². The topological polar surface area (TPSA) is 37.8 Å². The lowest BCUT2D eigenvalue weighted by Gasteiger charge is -2.30. The summed E-state index contributed by atoms with van der Waals surface area (Å²) < 4.78 is 0. The summed E-state index contributed by atoms with van der Waals surface area (Å²) in [7, 11) is 2.01. The zero-order chi connectivity index (χ0) is 12.2. The third-order valence-electron chi connectivity index (χ3n) is 2.95. The molecule has 90 valence electrons. The predicted octanol–water partition coefficient (Wildman–Crippen LogP) is 2.22. The summed E-state index contributed by atoms with van der Waals surface area (Å²) in [6.45, 7) is 8.85. The average Bonchev–Trinajstić information content (AvgIpc) is 2.24. The molecule has 1 aromatic heterocycles. The molecule has 1 N–H and O–H groups in total. The van der Waals surface area contributed by atoms with Crippen LogP contribution in [-0.2, 0) is 12.8 Å². The Kier molecular flexibility index (Phi) is 4.42. The fourth-order valence-corrected chi connectivity index (χ4v) is 1.80. The maximum atomic E-state index is 4.34. The fraction of sp³-hybridized carbons (Fsp3) is 0.692. The summed E-state index contributed by atoms with van der Waals surface area (Å²) in [4.78, 5) is 8.56. The molecule has 0 amide bonds. The standard InChI is InChI=1S/C13H23N3/c1-6-10-7-11(16-9-15-10)8-12(14-5)13(2,3)4/h7,9,12,14H,6,8H2,1-5H3. The van der Waals surface area contributed by atoms with E-state index in [1.54, 1.807) is 6.33 Å². The van der Waals surface area contributed by atoms with E-state index in [1.165, 1.54) is 0 Å². The van der Waals surface area contributed by atoms with Gasteiger partial charge in [0.2, 0.25) is 0 Å². The molecule has 0 radical (unpaired) electrons. The summed E-state index contributed by atoms with van der Waals surface area (Å²) in [6.07, 6.45) is 3.59. The minimum absolute atomic E-state index is 0.242. The van der Waals surface area contributed by atoms with Crippen LogP contribution in [0.2, 0.25) is 0 Å². The molecule has 1 aromatic rings. The first-order valence-electron chi connectivity index (χ1n) is 5.94. The molecule has 0 saturated carbocycles. The first-order valence-corrected chi connectivity index (χ1v) is 5.94. The van der Waals surface area contributed by atoms with Gasteiger partial charge >= 0.3 is 0 Å². The van der Waals surface area contributed by atoms with Gasteiger partial charge in [0.15, 0.2) is 0 Å². The van der Waals surface area contributed by atoms with E-state index in [-0.39, 0.29) is 5.41 Å². The van der Waals surface area contributed by atoms with E-state index >= 15 is 0 Å². The van der Waals surface area contributed by atoms with Crippen molar-refractivity contribution in [3.05, 3.63) is 23.8 Å². The van der Waals surface area contributed by atoms with Crippen LogP contribution in [0.1, 0.15) is 39.1 Å². The summed E-state index contributed by atoms with van der Waals surface area (Å²) in [5, 5.41) is 3.37. The zero-order valence-corrected chi connectivity index (χ0v) is 11.0. The molecule has 0 saturated heterocycles. The van der Waals surface area contributed by atoms with Gasteiger partial charge in [-0.05, 0) is 24.9 Å². The van der Waals surface area contributed by atoms with Crippen LogP contribution in [0.3, 0.4) is 0 Å². The molecule has 1 rings (SSSR count). The second kappa shape index (κ2) is 5.39. The van der Waals surface area contributed by atoms with Crippen LogP contribution in [0.4, 0.5) is 0 Å². The van der Waals surface area contributed by atoms with Crippen molar-refractivity contribution < 1.29 is 0 Å². The molecule has 0 aliphatic rings. The van der Waals surface area contributed by atoms with Crippen molar-refractivity contribution in [1.82, 2.24) is 15.3 Å². The van der Waals surface area contributed by atoms with Crippen molar-refractivity contribution >= 4 is 0 Å². The Morgan fingerprint density at radius 2 is 1.88 bits per heavy atom. The second-order valence-electron chi connectivity index (χ2n) is 5.27. The SMILES string of the molecule is CCc1cc(CC(NC)C(C)(C)C)ncn1. The quantitative estimate of drug-likeness (QED) is 0.847. The molecular formula is C13H23N3. The fourth-order valence-electron chi connectivity index (χ4n) is 1.80. The molecule has 1 atom stereocenters. The Labute approximate surface area is 98.7 Å². The summed E-state index contributed by atoms with van der Waals surface area (Å²) in [5.41, 5.74) is 2.49. The van der Waals surface area contributed by atoms with Crippen LogP contribution in [0, 0.1) is 5.41 Å². The molecule has 0 aliphatic heterocycles. The van der Waals surface area contributed by atoms with Crippen LogP contribution >= 0.6 is 0 Å². The number of hydrogen-bond donors (Lipinski definition) is 1. The maximum absolute atomic E-state index is 4.34. The zero-order valence-electron chi connectivity index (χ0n) is 11.0. The Hall–Kier alpha value is -0.960. The lowest BCUT2D eigenvalue weighted by atomic mass is 9.84. The number of nitrogens with zero attached hydrogens (tertiary/aromatic N) is 2. The molecule has 3 heteroatoms. The van der Waals surface area contributed by atoms with Gasteiger partial charge in [-0.3, -0.25) is 0 Å². The minimum Gasteiger partial charge on any atom is -0.316 e. The highest BCUT2D eigenvalue weighted by atomic mass is 14.9. The molecular weight excluding hydrogens is 198 g/mol. The number of aromatic nitrogens is 2. The molecule has 0 aromatic carbocycles. The van der Waals surface area contributed by atoms with Crippen LogP contribution in [0.15, 0.2) is 12.4 Å². The van der Waals surface area contributed by atoms with Crippen molar-refractivity contribution in [2.75, 3.05) is 7.05 Å². The third kappa shape index (κ3) is 3.56. The van der Waals surface area contributed by atoms with Gasteiger partial charge in [0.05, 0.1) is 0 Å². The van der Waals surface area contributed by atoms with Crippen molar-refractivity contribution in [2.45, 2.75) is 46.6 Å². The van der Waals surface area contributed by atoms with Crippen LogP contribution in [-0.4, -0.2) is 23.1 Å². The van der Waals surface area contributed by atoms with Crippen LogP contribution < -0.4 is 5.32 Å². The molecule has 0 fully saturated rings.